The third kappa shape index (κ3) is 2.60. The topological polar surface area (TPSA) is 41.5 Å². The number of anilines is 1. The molecule has 0 radical (unpaired) electrons. The van der Waals surface area contributed by atoms with Gasteiger partial charge in [-0.25, -0.2) is 0 Å². The van der Waals surface area contributed by atoms with Gasteiger partial charge in [-0.15, -0.1) is 0 Å². The highest BCUT2D eigenvalue weighted by Crippen LogP contribution is 2.23. The van der Waals surface area contributed by atoms with E-state index in [1.54, 1.807) is 0 Å². The number of amides is 1. The number of aliphatic imine (C=N–C) groups is 1. The predicted octanol–water partition coefficient (Wildman–Crippen LogP) is 3.32. The highest BCUT2D eigenvalue weighted by molar-refractivity contribution is 6.53. The van der Waals surface area contributed by atoms with Crippen LogP contribution in [0.2, 0.25) is 0 Å². The number of benzene rings is 1. The average Bonchev–Trinajstić information content (AvgIpc) is 2.76. The van der Waals surface area contributed by atoms with Gasteiger partial charge < -0.3 is 5.32 Å². The quantitative estimate of drug-likeness (QED) is 0.826. The summed E-state index contributed by atoms with van der Waals surface area (Å²) in [4.78, 5) is 16.4. The van der Waals surface area contributed by atoms with Crippen LogP contribution in [0.4, 0.5) is 5.69 Å². The van der Waals surface area contributed by atoms with Crippen molar-refractivity contribution in [1.29, 1.82) is 0 Å². The van der Waals surface area contributed by atoms with Crippen LogP contribution in [0.25, 0.3) is 0 Å². The molecule has 1 amide bonds. The van der Waals surface area contributed by atoms with E-state index in [9.17, 15) is 4.79 Å². The van der Waals surface area contributed by atoms with Gasteiger partial charge in [-0.1, -0.05) is 29.8 Å². The van der Waals surface area contributed by atoms with Crippen molar-refractivity contribution in [2.45, 2.75) is 32.1 Å². The molecule has 1 heterocycles. The van der Waals surface area contributed by atoms with Gasteiger partial charge in [0.15, 0.2) is 0 Å². The molecule has 3 rings (SSSR count). The van der Waals surface area contributed by atoms with E-state index in [1.165, 1.54) is 31.3 Å². The van der Waals surface area contributed by atoms with Crippen LogP contribution in [-0.2, 0) is 4.79 Å². The van der Waals surface area contributed by atoms with Crippen LogP contribution in [0.1, 0.15) is 37.7 Å². The first-order valence-corrected chi connectivity index (χ1v) is 6.98. The van der Waals surface area contributed by atoms with Gasteiger partial charge in [0.25, 0.3) is 5.91 Å². The van der Waals surface area contributed by atoms with Crippen LogP contribution >= 0.6 is 0 Å². The second-order valence-corrected chi connectivity index (χ2v) is 5.09. The minimum atomic E-state index is -0.0705. The Morgan fingerprint density at radius 3 is 2.95 bits per heavy atom. The van der Waals surface area contributed by atoms with Crippen LogP contribution in [0.3, 0.4) is 0 Å². The number of hydrogen-bond donors (Lipinski definition) is 1. The number of carbonyl (C=O) groups is 1. The maximum atomic E-state index is 11.9. The molecule has 0 bridgehead atoms. The molecule has 1 aliphatic heterocycles. The lowest BCUT2D eigenvalue weighted by molar-refractivity contribution is -0.110. The summed E-state index contributed by atoms with van der Waals surface area (Å²) in [7, 11) is 0. The number of allylic oxidation sites excluding steroid dienone is 1. The molecule has 3 nitrogen and oxygen atoms in total. The summed E-state index contributed by atoms with van der Waals surface area (Å²) in [6.45, 7) is 0.711. The van der Waals surface area contributed by atoms with Crippen LogP contribution in [-0.4, -0.2) is 18.2 Å². The Morgan fingerprint density at radius 2 is 2.11 bits per heavy atom. The molecular weight excluding hydrogens is 236 g/mol. The molecule has 0 spiro atoms. The molecule has 0 aromatic heterocycles. The Kier molecular flexibility index (Phi) is 3.45. The third-order valence-electron chi connectivity index (χ3n) is 3.73. The Morgan fingerprint density at radius 1 is 1.21 bits per heavy atom. The molecule has 0 unspecified atom stereocenters. The predicted molar refractivity (Wildman–Crippen MR) is 77.6 cm³/mol. The third-order valence-corrected chi connectivity index (χ3v) is 3.73. The zero-order chi connectivity index (χ0) is 13.1. The lowest BCUT2D eigenvalue weighted by Crippen LogP contribution is -2.15. The summed E-state index contributed by atoms with van der Waals surface area (Å²) in [5.74, 6) is -0.0705. The van der Waals surface area contributed by atoms with Gasteiger partial charge in [0.05, 0.1) is 5.69 Å². The van der Waals surface area contributed by atoms with Crippen LogP contribution in [0.5, 0.6) is 0 Å². The lowest BCUT2D eigenvalue weighted by atomic mass is 9.97. The molecule has 2 aliphatic rings. The monoisotopic (exact) mass is 254 g/mol. The molecule has 3 heteroatoms. The van der Waals surface area contributed by atoms with Gasteiger partial charge in [0.2, 0.25) is 0 Å². The van der Waals surface area contributed by atoms with Crippen LogP contribution in [0.15, 0.2) is 40.9 Å². The zero-order valence-corrected chi connectivity index (χ0v) is 11.0. The van der Waals surface area contributed by atoms with Crippen molar-refractivity contribution in [3.05, 3.63) is 41.5 Å². The largest absolute Gasteiger partial charge is 0.320 e. The van der Waals surface area contributed by atoms with Crippen molar-refractivity contribution in [1.82, 2.24) is 0 Å². The molecule has 0 saturated carbocycles. The molecule has 1 aromatic rings. The van der Waals surface area contributed by atoms with Crippen molar-refractivity contribution < 1.29 is 4.79 Å². The molecule has 0 fully saturated rings. The number of hydrogen-bond acceptors (Lipinski definition) is 2. The van der Waals surface area contributed by atoms with Gasteiger partial charge in [0, 0.05) is 12.1 Å². The van der Waals surface area contributed by atoms with Crippen molar-refractivity contribution in [3.63, 3.8) is 0 Å². The Bertz CT molecular complexity index is 558. The van der Waals surface area contributed by atoms with E-state index in [4.69, 9.17) is 0 Å². The van der Waals surface area contributed by atoms with E-state index in [2.05, 4.69) is 16.4 Å². The molecule has 1 aliphatic carbocycles. The standard InChI is InChI=1S/C16H18N2O/c19-16-15(13-8-4-5-9-14(13)18-16)17-11-10-12-6-2-1-3-7-12/h4-6,8-9H,1-3,7,10-11H2,(H,17,18,19). The van der Waals surface area contributed by atoms with Gasteiger partial charge in [-0.2, -0.15) is 0 Å². The van der Waals surface area contributed by atoms with E-state index < -0.39 is 0 Å². The van der Waals surface area contributed by atoms with E-state index >= 15 is 0 Å². The molecular formula is C16H18N2O. The first-order valence-electron chi connectivity index (χ1n) is 6.98. The number of nitrogens with one attached hydrogen (secondary N) is 1. The fraction of sp³-hybridized carbons (Fsp3) is 0.375. The number of rotatable bonds is 3. The maximum Gasteiger partial charge on any atom is 0.274 e. The molecule has 1 N–H and O–H groups in total. The first-order chi connectivity index (χ1) is 9.34. The maximum absolute atomic E-state index is 11.9. The Balaban J connectivity index is 1.70. The van der Waals surface area contributed by atoms with Crippen LogP contribution in [0, 0.1) is 0 Å². The van der Waals surface area contributed by atoms with Crippen molar-refractivity contribution in [2.75, 3.05) is 11.9 Å². The molecule has 0 atom stereocenters. The number of nitrogens with zero attached hydrogens (tertiary/aromatic N) is 1. The summed E-state index contributed by atoms with van der Waals surface area (Å²) < 4.78 is 0. The SMILES string of the molecule is O=C1Nc2ccccc2C1=NCCC1=CCCCC1. The molecule has 19 heavy (non-hydrogen) atoms. The van der Waals surface area contributed by atoms with Gasteiger partial charge in [-0.05, 0) is 38.2 Å². The summed E-state index contributed by atoms with van der Waals surface area (Å²) in [6, 6.07) is 7.73. The number of carbonyl (C=O) groups excluding carboxylic acids is 1. The fourth-order valence-corrected chi connectivity index (χ4v) is 2.70. The highest BCUT2D eigenvalue weighted by atomic mass is 16.2. The van der Waals surface area contributed by atoms with E-state index in [0.717, 1.165) is 17.7 Å². The number of para-hydroxylation sites is 1. The van der Waals surface area contributed by atoms with Gasteiger partial charge in [-0.3, -0.25) is 9.79 Å². The highest BCUT2D eigenvalue weighted by Gasteiger charge is 2.24. The Hall–Kier alpha value is -1.90. The normalized spacial score (nSPS) is 20.1. The zero-order valence-electron chi connectivity index (χ0n) is 11.0. The van der Waals surface area contributed by atoms with Crippen molar-refractivity contribution in [2.24, 2.45) is 4.99 Å². The van der Waals surface area contributed by atoms with Gasteiger partial charge in [0.1, 0.15) is 5.71 Å². The second kappa shape index (κ2) is 5.39. The average molecular weight is 254 g/mol. The van der Waals surface area contributed by atoms with E-state index in [-0.39, 0.29) is 5.91 Å². The second-order valence-electron chi connectivity index (χ2n) is 5.09. The fourth-order valence-electron chi connectivity index (χ4n) is 2.70. The van der Waals surface area contributed by atoms with Crippen molar-refractivity contribution >= 4 is 17.3 Å². The minimum absolute atomic E-state index is 0.0705. The molecule has 1 aromatic carbocycles. The molecule has 98 valence electrons. The smallest absolute Gasteiger partial charge is 0.274 e. The molecule has 0 saturated heterocycles. The van der Waals surface area contributed by atoms with E-state index in [0.29, 0.717) is 12.3 Å². The first kappa shape index (κ1) is 12.2. The summed E-state index contributed by atoms with van der Waals surface area (Å²) in [6.07, 6.45) is 8.34. The van der Waals surface area contributed by atoms with Crippen molar-refractivity contribution in [3.8, 4) is 0 Å². The summed E-state index contributed by atoms with van der Waals surface area (Å²) in [5.41, 5.74) is 3.91. The summed E-state index contributed by atoms with van der Waals surface area (Å²) in [5, 5.41) is 2.85. The van der Waals surface area contributed by atoms with E-state index in [1.807, 2.05) is 24.3 Å². The Labute approximate surface area is 113 Å². The minimum Gasteiger partial charge on any atom is -0.320 e. The lowest BCUT2D eigenvalue weighted by Gasteiger charge is -2.11. The summed E-state index contributed by atoms with van der Waals surface area (Å²) >= 11 is 0. The number of fused-ring (bicyclic) bond motifs is 1. The van der Waals surface area contributed by atoms with Gasteiger partial charge >= 0.3 is 0 Å². The van der Waals surface area contributed by atoms with Crippen LogP contribution < -0.4 is 5.32 Å².